The van der Waals surface area contributed by atoms with E-state index in [2.05, 4.69) is 15.9 Å². The maximum Gasteiger partial charge on any atom is 0.260 e. The molecule has 70 valence electrons. The summed E-state index contributed by atoms with van der Waals surface area (Å²) in [4.78, 5) is 9.95. The lowest BCUT2D eigenvalue weighted by Gasteiger charge is -2.05. The predicted octanol–water partition coefficient (Wildman–Crippen LogP) is 1.76. The molecule has 1 aromatic carbocycles. The molecule has 0 saturated carbocycles. The second-order valence-corrected chi connectivity index (χ2v) is 3.45. The van der Waals surface area contributed by atoms with Crippen LogP contribution in [0.3, 0.4) is 0 Å². The molecule has 0 amide bonds. The zero-order valence-electron chi connectivity index (χ0n) is 6.68. The number of hydrogen-bond acceptors (Lipinski definition) is 3. The average Bonchev–Trinajstić information content (AvgIpc) is 2.09. The first-order valence-electron chi connectivity index (χ1n) is 3.65. The lowest BCUT2D eigenvalue weighted by atomic mass is 10.1. The number of aliphatic hydroxyl groups is 1. The van der Waals surface area contributed by atoms with Gasteiger partial charge in [0.2, 0.25) is 0 Å². The molecule has 1 rings (SSSR count). The highest BCUT2D eigenvalue weighted by atomic mass is 79.9. The first kappa shape index (κ1) is 10.1. The zero-order valence-corrected chi connectivity index (χ0v) is 8.27. The highest BCUT2D eigenvalue weighted by Crippen LogP contribution is 2.18. The normalized spacial score (nSPS) is 12.5. The van der Waals surface area contributed by atoms with Gasteiger partial charge in [0.05, 0.1) is 0 Å². The molecule has 0 aliphatic carbocycles. The summed E-state index contributed by atoms with van der Waals surface area (Å²) in [6.45, 7) is -0.478. The molecule has 0 saturated heterocycles. The Morgan fingerprint density at radius 3 is 2.38 bits per heavy atom. The minimum atomic E-state index is -1.02. The number of rotatable bonds is 3. The van der Waals surface area contributed by atoms with Crippen LogP contribution in [0.1, 0.15) is 11.6 Å². The third kappa shape index (κ3) is 2.50. The Balaban J connectivity index is 2.92. The van der Waals surface area contributed by atoms with Gasteiger partial charge < -0.3 is 5.11 Å². The summed E-state index contributed by atoms with van der Waals surface area (Å²) in [6.07, 6.45) is 0. The fraction of sp³-hybridized carbons (Fsp3) is 0.250. The van der Waals surface area contributed by atoms with E-state index in [0.29, 0.717) is 5.56 Å². The molecule has 0 heterocycles. The molecule has 0 fully saturated rings. The number of benzene rings is 1. The predicted molar refractivity (Wildman–Crippen MR) is 51.0 cm³/mol. The summed E-state index contributed by atoms with van der Waals surface area (Å²) in [6, 6.07) is 5.64. The zero-order chi connectivity index (χ0) is 9.84. The second kappa shape index (κ2) is 4.34. The second-order valence-electron chi connectivity index (χ2n) is 2.54. The largest absolute Gasteiger partial charge is 0.389 e. The van der Waals surface area contributed by atoms with E-state index in [0.717, 1.165) is 4.47 Å². The van der Waals surface area contributed by atoms with Crippen LogP contribution in [0.2, 0.25) is 0 Å². The van der Waals surface area contributed by atoms with Crippen molar-refractivity contribution >= 4 is 15.9 Å². The van der Waals surface area contributed by atoms with E-state index in [9.17, 15) is 10.1 Å². The fourth-order valence-corrected chi connectivity index (χ4v) is 1.24. The SMILES string of the molecule is O=[N+]([O-])C(CO)c1ccc(Br)cc1. The maximum atomic E-state index is 10.4. The summed E-state index contributed by atoms with van der Waals surface area (Å²) in [5.74, 6) is 0. The van der Waals surface area contributed by atoms with Crippen molar-refractivity contribution in [3.05, 3.63) is 44.4 Å². The lowest BCUT2D eigenvalue weighted by Crippen LogP contribution is -2.14. The molecular formula is C8H8BrNO3. The van der Waals surface area contributed by atoms with Crippen LogP contribution in [0.4, 0.5) is 0 Å². The minimum Gasteiger partial charge on any atom is -0.389 e. The first-order chi connectivity index (χ1) is 6.15. The Morgan fingerprint density at radius 1 is 1.46 bits per heavy atom. The molecule has 0 bridgehead atoms. The van der Waals surface area contributed by atoms with Crippen molar-refractivity contribution in [2.75, 3.05) is 6.61 Å². The van der Waals surface area contributed by atoms with Crippen LogP contribution >= 0.6 is 15.9 Å². The van der Waals surface area contributed by atoms with Crippen LogP contribution in [0.15, 0.2) is 28.7 Å². The molecule has 0 radical (unpaired) electrons. The summed E-state index contributed by atoms with van der Waals surface area (Å²) in [7, 11) is 0. The van der Waals surface area contributed by atoms with Crippen LogP contribution < -0.4 is 0 Å². The van der Waals surface area contributed by atoms with Gasteiger partial charge in [-0.15, -0.1) is 0 Å². The van der Waals surface area contributed by atoms with Gasteiger partial charge >= 0.3 is 0 Å². The molecule has 5 heteroatoms. The number of halogens is 1. The van der Waals surface area contributed by atoms with Gasteiger partial charge in [0.15, 0.2) is 0 Å². The molecule has 0 aliphatic rings. The molecule has 0 aromatic heterocycles. The smallest absolute Gasteiger partial charge is 0.260 e. The summed E-state index contributed by atoms with van der Waals surface area (Å²) in [5, 5.41) is 19.2. The molecule has 1 aromatic rings. The Bertz CT molecular complexity index is 299. The molecule has 13 heavy (non-hydrogen) atoms. The van der Waals surface area contributed by atoms with Gasteiger partial charge in [0.25, 0.3) is 6.04 Å². The number of hydrogen-bond donors (Lipinski definition) is 1. The Labute approximate surface area is 83.5 Å². The van der Waals surface area contributed by atoms with Gasteiger partial charge in [-0.3, -0.25) is 10.1 Å². The first-order valence-corrected chi connectivity index (χ1v) is 4.44. The van der Waals surface area contributed by atoms with Crippen molar-refractivity contribution in [2.45, 2.75) is 6.04 Å². The van der Waals surface area contributed by atoms with Crippen LogP contribution in [0.5, 0.6) is 0 Å². The van der Waals surface area contributed by atoms with Gasteiger partial charge in [-0.1, -0.05) is 28.1 Å². The molecular weight excluding hydrogens is 238 g/mol. The van der Waals surface area contributed by atoms with E-state index in [1.165, 1.54) is 0 Å². The van der Waals surface area contributed by atoms with Crippen molar-refractivity contribution in [1.29, 1.82) is 0 Å². The third-order valence-corrected chi connectivity index (χ3v) is 2.21. The van der Waals surface area contributed by atoms with Crippen LogP contribution in [0, 0.1) is 10.1 Å². The Hall–Kier alpha value is -0.940. The van der Waals surface area contributed by atoms with E-state index < -0.39 is 17.6 Å². The van der Waals surface area contributed by atoms with E-state index in [1.54, 1.807) is 24.3 Å². The average molecular weight is 246 g/mol. The highest BCUT2D eigenvalue weighted by molar-refractivity contribution is 9.10. The van der Waals surface area contributed by atoms with E-state index in [-0.39, 0.29) is 0 Å². The molecule has 1 atom stereocenters. The van der Waals surface area contributed by atoms with Crippen LogP contribution in [0.25, 0.3) is 0 Å². The summed E-state index contributed by atoms with van der Waals surface area (Å²) in [5.41, 5.74) is 0.510. The van der Waals surface area contributed by atoms with E-state index >= 15 is 0 Å². The number of aliphatic hydroxyl groups excluding tert-OH is 1. The van der Waals surface area contributed by atoms with Gasteiger partial charge in [0, 0.05) is 15.0 Å². The van der Waals surface area contributed by atoms with Gasteiger partial charge in [-0.25, -0.2) is 0 Å². The molecule has 1 N–H and O–H groups in total. The summed E-state index contributed by atoms with van der Waals surface area (Å²) >= 11 is 3.22. The van der Waals surface area contributed by atoms with E-state index in [1.807, 2.05) is 0 Å². The molecule has 4 nitrogen and oxygen atoms in total. The van der Waals surface area contributed by atoms with Crippen molar-refractivity contribution < 1.29 is 10.0 Å². The third-order valence-electron chi connectivity index (χ3n) is 1.68. The van der Waals surface area contributed by atoms with Gasteiger partial charge in [-0.05, 0) is 12.1 Å². The fourth-order valence-electron chi connectivity index (χ4n) is 0.979. The topological polar surface area (TPSA) is 63.4 Å². The van der Waals surface area contributed by atoms with Crippen molar-refractivity contribution in [1.82, 2.24) is 0 Å². The lowest BCUT2D eigenvalue weighted by molar-refractivity contribution is -0.532. The van der Waals surface area contributed by atoms with Crippen LogP contribution in [-0.4, -0.2) is 16.6 Å². The molecule has 1 unspecified atom stereocenters. The van der Waals surface area contributed by atoms with Gasteiger partial charge in [0.1, 0.15) is 6.61 Å². The minimum absolute atomic E-state index is 0.478. The van der Waals surface area contributed by atoms with Gasteiger partial charge in [-0.2, -0.15) is 0 Å². The molecule has 0 aliphatic heterocycles. The monoisotopic (exact) mass is 245 g/mol. The van der Waals surface area contributed by atoms with Crippen molar-refractivity contribution in [2.24, 2.45) is 0 Å². The summed E-state index contributed by atoms with van der Waals surface area (Å²) < 4.78 is 0.858. The van der Waals surface area contributed by atoms with E-state index in [4.69, 9.17) is 5.11 Å². The van der Waals surface area contributed by atoms with Crippen molar-refractivity contribution in [3.8, 4) is 0 Å². The highest BCUT2D eigenvalue weighted by Gasteiger charge is 2.20. The van der Waals surface area contributed by atoms with Crippen LogP contribution in [-0.2, 0) is 0 Å². The number of nitro groups is 1. The van der Waals surface area contributed by atoms with Crippen molar-refractivity contribution in [3.63, 3.8) is 0 Å². The number of nitrogens with zero attached hydrogens (tertiary/aromatic N) is 1. The standard InChI is InChI=1S/C8H8BrNO3/c9-7-3-1-6(2-4-7)8(5-11)10(12)13/h1-4,8,11H,5H2. The quantitative estimate of drug-likeness (QED) is 0.652. The maximum absolute atomic E-state index is 10.4. The Kier molecular flexibility index (Phi) is 3.39. The Morgan fingerprint density at radius 2 is 2.00 bits per heavy atom. The molecule has 0 spiro atoms.